The minimum absolute atomic E-state index is 0.0826. The fraction of sp³-hybridized carbons (Fsp3) is 0.467. The SMILES string of the molecule is O=C(CCOCC(F)(F)F)NCCCc1nc2ccccc2[nH]1. The van der Waals surface area contributed by atoms with Crippen LogP contribution in [0.4, 0.5) is 13.2 Å². The van der Waals surface area contributed by atoms with E-state index in [1.807, 2.05) is 24.3 Å². The lowest BCUT2D eigenvalue weighted by Crippen LogP contribution is -2.26. The van der Waals surface area contributed by atoms with Crippen molar-refractivity contribution in [2.45, 2.75) is 25.4 Å². The second-order valence-corrected chi connectivity index (χ2v) is 5.07. The van der Waals surface area contributed by atoms with Crippen molar-refractivity contribution in [2.24, 2.45) is 0 Å². The summed E-state index contributed by atoms with van der Waals surface area (Å²) in [5.74, 6) is 0.519. The monoisotopic (exact) mass is 329 g/mol. The van der Waals surface area contributed by atoms with Crippen LogP contribution in [0.3, 0.4) is 0 Å². The van der Waals surface area contributed by atoms with Gasteiger partial charge in [0.05, 0.1) is 17.6 Å². The van der Waals surface area contributed by atoms with Crippen LogP contribution in [0.5, 0.6) is 0 Å². The summed E-state index contributed by atoms with van der Waals surface area (Å²) in [6, 6.07) is 7.69. The lowest BCUT2D eigenvalue weighted by Gasteiger charge is -2.07. The van der Waals surface area contributed by atoms with E-state index in [9.17, 15) is 18.0 Å². The van der Waals surface area contributed by atoms with Crippen LogP contribution >= 0.6 is 0 Å². The smallest absolute Gasteiger partial charge is 0.372 e. The van der Waals surface area contributed by atoms with Gasteiger partial charge in [-0.05, 0) is 18.6 Å². The minimum Gasteiger partial charge on any atom is -0.372 e. The van der Waals surface area contributed by atoms with Crippen molar-refractivity contribution < 1.29 is 22.7 Å². The zero-order chi connectivity index (χ0) is 16.7. The first-order valence-electron chi connectivity index (χ1n) is 7.29. The number of carbonyl (C=O) groups is 1. The molecule has 2 aromatic rings. The molecule has 0 radical (unpaired) electrons. The molecule has 8 heteroatoms. The fourth-order valence-corrected chi connectivity index (χ4v) is 2.05. The summed E-state index contributed by atoms with van der Waals surface area (Å²) in [5.41, 5.74) is 1.86. The van der Waals surface area contributed by atoms with Crippen LogP contribution in [0.25, 0.3) is 11.0 Å². The standard InChI is InChI=1S/C15H18F3N3O2/c16-15(17,18)10-23-9-7-14(22)19-8-3-6-13-20-11-4-1-2-5-12(11)21-13/h1-2,4-5H,3,6-10H2,(H,19,22)(H,20,21). The summed E-state index contributed by atoms with van der Waals surface area (Å²) in [6.45, 7) is -1.13. The molecule has 23 heavy (non-hydrogen) atoms. The molecule has 1 amide bonds. The molecule has 1 heterocycles. The number of halogens is 3. The Morgan fingerprint density at radius 1 is 1.30 bits per heavy atom. The van der Waals surface area contributed by atoms with Gasteiger partial charge >= 0.3 is 6.18 Å². The average molecular weight is 329 g/mol. The molecule has 1 aromatic carbocycles. The number of nitrogens with one attached hydrogen (secondary N) is 2. The molecule has 0 aliphatic rings. The molecule has 0 aliphatic heterocycles. The highest BCUT2D eigenvalue weighted by Gasteiger charge is 2.27. The summed E-state index contributed by atoms with van der Waals surface area (Å²) in [6.07, 6.45) is -3.07. The number of carbonyl (C=O) groups excluding carboxylic acids is 1. The van der Waals surface area contributed by atoms with Gasteiger partial charge in [0.2, 0.25) is 5.91 Å². The van der Waals surface area contributed by atoms with Gasteiger partial charge < -0.3 is 15.0 Å². The van der Waals surface area contributed by atoms with Crippen molar-refractivity contribution in [1.29, 1.82) is 0 Å². The van der Waals surface area contributed by atoms with E-state index in [0.29, 0.717) is 19.4 Å². The maximum atomic E-state index is 11.8. The van der Waals surface area contributed by atoms with Gasteiger partial charge in [-0.15, -0.1) is 0 Å². The zero-order valence-electron chi connectivity index (χ0n) is 12.4. The molecule has 0 bridgehead atoms. The molecular weight excluding hydrogens is 311 g/mol. The topological polar surface area (TPSA) is 67.0 Å². The number of hydrogen-bond acceptors (Lipinski definition) is 3. The number of ether oxygens (including phenoxy) is 1. The average Bonchev–Trinajstić information content (AvgIpc) is 2.90. The minimum atomic E-state index is -4.36. The number of hydrogen-bond donors (Lipinski definition) is 2. The highest BCUT2D eigenvalue weighted by atomic mass is 19.4. The molecule has 0 unspecified atom stereocenters. The lowest BCUT2D eigenvalue weighted by atomic mass is 10.3. The molecular formula is C15H18F3N3O2. The van der Waals surface area contributed by atoms with E-state index >= 15 is 0 Å². The Hall–Kier alpha value is -2.09. The Morgan fingerprint density at radius 2 is 2.09 bits per heavy atom. The third-order valence-electron chi connectivity index (χ3n) is 3.09. The van der Waals surface area contributed by atoms with Crippen LogP contribution in [-0.2, 0) is 16.0 Å². The highest BCUT2D eigenvalue weighted by molar-refractivity contribution is 5.76. The molecule has 126 valence electrons. The molecule has 0 aliphatic carbocycles. The summed E-state index contributed by atoms with van der Waals surface area (Å²) >= 11 is 0. The number of amides is 1. The van der Waals surface area contributed by atoms with Crippen molar-refractivity contribution in [3.05, 3.63) is 30.1 Å². The second-order valence-electron chi connectivity index (χ2n) is 5.07. The predicted octanol–water partition coefficient (Wildman–Crippen LogP) is 2.58. The van der Waals surface area contributed by atoms with Crippen LogP contribution < -0.4 is 5.32 Å². The van der Waals surface area contributed by atoms with Gasteiger partial charge in [-0.3, -0.25) is 4.79 Å². The van der Waals surface area contributed by atoms with Crippen LogP contribution in [0.15, 0.2) is 24.3 Å². The van der Waals surface area contributed by atoms with Crippen LogP contribution in [-0.4, -0.2) is 41.8 Å². The van der Waals surface area contributed by atoms with E-state index in [1.165, 1.54) is 0 Å². The molecule has 0 saturated heterocycles. The van der Waals surface area contributed by atoms with Crippen molar-refractivity contribution in [3.63, 3.8) is 0 Å². The van der Waals surface area contributed by atoms with Gasteiger partial charge in [0.25, 0.3) is 0 Å². The molecule has 0 saturated carbocycles. The van der Waals surface area contributed by atoms with Gasteiger partial charge in [-0.1, -0.05) is 12.1 Å². The largest absolute Gasteiger partial charge is 0.411 e. The normalized spacial score (nSPS) is 11.8. The first kappa shape index (κ1) is 17.3. The first-order chi connectivity index (χ1) is 10.9. The van der Waals surface area contributed by atoms with Gasteiger partial charge in [0, 0.05) is 19.4 Å². The Morgan fingerprint density at radius 3 is 2.83 bits per heavy atom. The molecule has 2 N–H and O–H groups in total. The molecule has 0 fully saturated rings. The molecule has 0 spiro atoms. The summed E-state index contributed by atoms with van der Waals surface area (Å²) < 4.78 is 39.9. The van der Waals surface area contributed by atoms with Gasteiger partial charge in [-0.2, -0.15) is 13.2 Å². The Balaban J connectivity index is 1.58. The number of fused-ring (bicyclic) bond motifs is 1. The van der Waals surface area contributed by atoms with E-state index in [4.69, 9.17) is 0 Å². The third kappa shape index (κ3) is 6.27. The van der Waals surface area contributed by atoms with E-state index in [0.717, 1.165) is 16.9 Å². The van der Waals surface area contributed by atoms with Crippen LogP contribution in [0, 0.1) is 0 Å². The van der Waals surface area contributed by atoms with Crippen LogP contribution in [0.1, 0.15) is 18.7 Å². The number of para-hydroxylation sites is 2. The van der Waals surface area contributed by atoms with Gasteiger partial charge in [0.1, 0.15) is 12.4 Å². The number of aryl methyl sites for hydroxylation is 1. The molecule has 5 nitrogen and oxygen atoms in total. The van der Waals surface area contributed by atoms with E-state index < -0.39 is 12.8 Å². The second kappa shape index (κ2) is 7.96. The van der Waals surface area contributed by atoms with Crippen molar-refractivity contribution in [3.8, 4) is 0 Å². The number of aromatic amines is 1. The van der Waals surface area contributed by atoms with Crippen molar-refractivity contribution in [1.82, 2.24) is 15.3 Å². The summed E-state index contributed by atoms with van der Waals surface area (Å²) in [7, 11) is 0. The Bertz CT molecular complexity index is 607. The number of alkyl halides is 3. The number of imidazole rings is 1. The van der Waals surface area contributed by atoms with Crippen LogP contribution in [0.2, 0.25) is 0 Å². The lowest BCUT2D eigenvalue weighted by molar-refractivity contribution is -0.174. The maximum Gasteiger partial charge on any atom is 0.411 e. The number of aromatic nitrogens is 2. The van der Waals surface area contributed by atoms with Gasteiger partial charge in [0.15, 0.2) is 0 Å². The first-order valence-corrected chi connectivity index (χ1v) is 7.29. The van der Waals surface area contributed by atoms with E-state index in [2.05, 4.69) is 20.0 Å². The van der Waals surface area contributed by atoms with Crippen molar-refractivity contribution in [2.75, 3.05) is 19.8 Å². The van der Waals surface area contributed by atoms with E-state index in [-0.39, 0.29) is 18.9 Å². The number of benzene rings is 1. The maximum absolute atomic E-state index is 11.8. The summed E-state index contributed by atoms with van der Waals surface area (Å²) in [5, 5.41) is 2.64. The number of rotatable bonds is 8. The summed E-state index contributed by atoms with van der Waals surface area (Å²) in [4.78, 5) is 19.0. The number of nitrogens with zero attached hydrogens (tertiary/aromatic N) is 1. The zero-order valence-corrected chi connectivity index (χ0v) is 12.4. The Labute approximate surface area is 131 Å². The molecule has 2 rings (SSSR count). The van der Waals surface area contributed by atoms with E-state index in [1.54, 1.807) is 0 Å². The fourth-order valence-electron chi connectivity index (χ4n) is 2.05. The highest BCUT2D eigenvalue weighted by Crippen LogP contribution is 2.14. The Kier molecular flexibility index (Phi) is 5.97. The predicted molar refractivity (Wildman–Crippen MR) is 78.9 cm³/mol. The van der Waals surface area contributed by atoms with Crippen molar-refractivity contribution >= 4 is 16.9 Å². The van der Waals surface area contributed by atoms with Gasteiger partial charge in [-0.25, -0.2) is 4.98 Å². The third-order valence-corrected chi connectivity index (χ3v) is 3.09. The number of H-pyrrole nitrogens is 1. The quantitative estimate of drug-likeness (QED) is 0.732. The molecule has 0 atom stereocenters. The molecule has 1 aromatic heterocycles.